The van der Waals surface area contributed by atoms with Gasteiger partial charge in [-0.2, -0.15) is 16.4 Å². The van der Waals surface area contributed by atoms with Crippen LogP contribution in [-0.4, -0.2) is 41.0 Å². The number of hydrogen-bond donors (Lipinski definition) is 1. The van der Waals surface area contributed by atoms with Gasteiger partial charge in [0.25, 0.3) is 0 Å². The fourth-order valence-corrected chi connectivity index (χ4v) is 3.78. The van der Waals surface area contributed by atoms with Crippen LogP contribution in [0.4, 0.5) is 0 Å². The molecule has 0 amide bonds. The minimum absolute atomic E-state index is 0.362. The molecule has 1 N–H and O–H groups in total. The molecule has 0 aliphatic carbocycles. The zero-order valence-corrected chi connectivity index (χ0v) is 13.2. The van der Waals surface area contributed by atoms with Crippen molar-refractivity contribution in [3.63, 3.8) is 0 Å². The number of unbranched alkanes of at least 4 members (excludes halogenated alkanes) is 2. The first-order valence-electron chi connectivity index (χ1n) is 7.79. The van der Waals surface area contributed by atoms with Crippen molar-refractivity contribution in [3.8, 4) is 0 Å². The normalized spacial score (nSPS) is 19.3. The van der Waals surface area contributed by atoms with Gasteiger partial charge in [0.15, 0.2) is 0 Å². The summed E-state index contributed by atoms with van der Waals surface area (Å²) < 4.78 is 0.362. The molecule has 0 bridgehead atoms. The molecule has 1 aliphatic heterocycles. The molecule has 0 atom stereocenters. The molecule has 1 aliphatic rings. The van der Waals surface area contributed by atoms with Crippen molar-refractivity contribution in [1.29, 1.82) is 0 Å². The molecule has 1 rings (SSSR count). The summed E-state index contributed by atoms with van der Waals surface area (Å²) in [5.41, 5.74) is 0. The third kappa shape index (κ3) is 7.65. The average Bonchev–Trinajstić information content (AvgIpc) is 2.33. The van der Waals surface area contributed by atoms with E-state index in [2.05, 4.69) is 25.6 Å². The van der Waals surface area contributed by atoms with Crippen LogP contribution < -0.4 is 0 Å². The van der Waals surface area contributed by atoms with E-state index in [4.69, 9.17) is 0 Å². The Balaban J connectivity index is 1.89. The Morgan fingerprint density at radius 2 is 1.72 bits per heavy atom. The quantitative estimate of drug-likeness (QED) is 0.499. The number of hydroxylamine groups is 3. The monoisotopic (exact) mass is 274 g/mol. The van der Waals surface area contributed by atoms with Crippen LogP contribution >= 0.6 is 11.8 Å². The number of quaternary nitrogens is 1. The van der Waals surface area contributed by atoms with Gasteiger partial charge in [0.1, 0.15) is 19.6 Å². The Bertz CT molecular complexity index is 203. The molecule has 108 valence electrons. The molecule has 1 saturated heterocycles. The molecule has 2 nitrogen and oxygen atoms in total. The second-order valence-corrected chi connectivity index (χ2v) is 7.41. The Morgan fingerprint density at radius 1 is 1.00 bits per heavy atom. The highest BCUT2D eigenvalue weighted by molar-refractivity contribution is 7.99. The van der Waals surface area contributed by atoms with Gasteiger partial charge in [0.2, 0.25) is 0 Å². The lowest BCUT2D eigenvalue weighted by Crippen LogP contribution is -2.49. The van der Waals surface area contributed by atoms with Gasteiger partial charge in [0.05, 0.1) is 0 Å². The molecule has 0 aromatic carbocycles. The first-order chi connectivity index (χ1) is 8.62. The highest BCUT2D eigenvalue weighted by Crippen LogP contribution is 2.18. The summed E-state index contributed by atoms with van der Waals surface area (Å²) in [4.78, 5) is 0. The minimum Gasteiger partial charge on any atom is -0.217 e. The molecule has 18 heavy (non-hydrogen) atoms. The van der Waals surface area contributed by atoms with Crippen molar-refractivity contribution in [1.82, 2.24) is 0 Å². The Kier molecular flexibility index (Phi) is 8.36. The maximum Gasteiger partial charge on any atom is 0.109 e. The number of thioether (sulfide) groups is 1. The first-order valence-corrected chi connectivity index (χ1v) is 8.94. The van der Waals surface area contributed by atoms with Crippen LogP contribution in [0, 0.1) is 5.92 Å². The lowest BCUT2D eigenvalue weighted by Gasteiger charge is -2.33. The smallest absolute Gasteiger partial charge is 0.109 e. The molecule has 1 fully saturated rings. The van der Waals surface area contributed by atoms with Gasteiger partial charge in [-0.1, -0.05) is 13.8 Å². The average molecular weight is 274 g/mol. The number of piperidine rings is 1. The van der Waals surface area contributed by atoms with Gasteiger partial charge in [-0.15, -0.1) is 0 Å². The van der Waals surface area contributed by atoms with Crippen LogP contribution in [0.2, 0.25) is 0 Å². The topological polar surface area (TPSA) is 20.2 Å². The number of nitrogens with zero attached hydrogens (tertiary/aromatic N) is 1. The van der Waals surface area contributed by atoms with Gasteiger partial charge in [-0.05, 0) is 62.4 Å². The molecule has 0 saturated carbocycles. The van der Waals surface area contributed by atoms with E-state index in [-0.39, 0.29) is 0 Å². The summed E-state index contributed by atoms with van der Waals surface area (Å²) in [7, 11) is 0. The predicted octanol–water partition coefficient (Wildman–Crippen LogP) is 4.33. The summed E-state index contributed by atoms with van der Waals surface area (Å²) >= 11 is 2.10. The van der Waals surface area contributed by atoms with Gasteiger partial charge in [-0.25, -0.2) is 5.21 Å². The third-order valence-corrected chi connectivity index (χ3v) is 4.95. The molecule has 0 unspecified atom stereocenters. The van der Waals surface area contributed by atoms with E-state index in [0.717, 1.165) is 25.6 Å². The molecule has 0 aromatic heterocycles. The molecule has 0 aromatic rings. The second-order valence-electron chi connectivity index (χ2n) is 6.18. The van der Waals surface area contributed by atoms with Gasteiger partial charge < -0.3 is 0 Å². The lowest BCUT2D eigenvalue weighted by atomic mass is 10.1. The highest BCUT2D eigenvalue weighted by atomic mass is 32.2. The Morgan fingerprint density at radius 3 is 2.39 bits per heavy atom. The SMILES string of the molecule is CC(C)CCSCCCCC[N+]1(O)CCCCC1. The first kappa shape index (κ1) is 16.3. The zero-order chi connectivity index (χ0) is 13.3. The molecule has 0 radical (unpaired) electrons. The van der Waals surface area contributed by atoms with Crippen molar-refractivity contribution >= 4 is 11.8 Å². The molecule has 1 heterocycles. The minimum atomic E-state index is 0.362. The van der Waals surface area contributed by atoms with Crippen LogP contribution in [0.5, 0.6) is 0 Å². The predicted molar refractivity (Wildman–Crippen MR) is 81.1 cm³/mol. The van der Waals surface area contributed by atoms with Crippen LogP contribution in [0.25, 0.3) is 0 Å². The van der Waals surface area contributed by atoms with Crippen molar-refractivity contribution in [2.24, 2.45) is 5.92 Å². The van der Waals surface area contributed by atoms with Crippen LogP contribution in [0.15, 0.2) is 0 Å². The summed E-state index contributed by atoms with van der Waals surface area (Å²) in [5, 5.41) is 10.3. The van der Waals surface area contributed by atoms with Crippen molar-refractivity contribution in [3.05, 3.63) is 0 Å². The fourth-order valence-electron chi connectivity index (χ4n) is 2.53. The van der Waals surface area contributed by atoms with Crippen LogP contribution in [0.1, 0.15) is 58.8 Å². The van der Waals surface area contributed by atoms with Gasteiger partial charge >= 0.3 is 0 Å². The van der Waals surface area contributed by atoms with Crippen molar-refractivity contribution < 1.29 is 9.85 Å². The molecular formula is C15H32NOS+. The third-order valence-electron chi connectivity index (χ3n) is 3.85. The maximum atomic E-state index is 10.3. The van der Waals surface area contributed by atoms with E-state index < -0.39 is 0 Å². The summed E-state index contributed by atoms with van der Waals surface area (Å²) in [6.45, 7) is 7.55. The van der Waals surface area contributed by atoms with E-state index >= 15 is 0 Å². The van der Waals surface area contributed by atoms with E-state index in [9.17, 15) is 5.21 Å². The lowest BCUT2D eigenvalue weighted by molar-refractivity contribution is -1.10. The Labute approximate surface area is 118 Å². The van der Waals surface area contributed by atoms with E-state index in [0.29, 0.717) is 4.65 Å². The number of rotatable bonds is 9. The summed E-state index contributed by atoms with van der Waals surface area (Å²) in [6, 6.07) is 0. The summed E-state index contributed by atoms with van der Waals surface area (Å²) in [5.74, 6) is 3.46. The van der Waals surface area contributed by atoms with Crippen molar-refractivity contribution in [2.75, 3.05) is 31.1 Å². The number of hydrogen-bond acceptors (Lipinski definition) is 2. The van der Waals surface area contributed by atoms with E-state index in [1.165, 1.54) is 56.5 Å². The molecular weight excluding hydrogens is 242 g/mol. The zero-order valence-electron chi connectivity index (χ0n) is 12.4. The summed E-state index contributed by atoms with van der Waals surface area (Å²) in [6.07, 6.45) is 8.89. The fraction of sp³-hybridized carbons (Fsp3) is 1.00. The number of likely N-dealkylation sites (tertiary alicyclic amines) is 1. The standard InChI is InChI=1S/C15H32NOS/c1-15(2)9-14-18-13-8-4-7-12-16(17)10-5-3-6-11-16/h15,17H,3-14H2,1-2H3/q+1. The maximum absolute atomic E-state index is 10.3. The largest absolute Gasteiger partial charge is 0.217 e. The molecule has 0 spiro atoms. The van der Waals surface area contributed by atoms with Crippen LogP contribution in [0.3, 0.4) is 0 Å². The van der Waals surface area contributed by atoms with Gasteiger partial charge in [-0.3, -0.25) is 0 Å². The van der Waals surface area contributed by atoms with Crippen molar-refractivity contribution in [2.45, 2.75) is 58.8 Å². The highest BCUT2D eigenvalue weighted by Gasteiger charge is 2.27. The van der Waals surface area contributed by atoms with Gasteiger partial charge in [0, 0.05) is 0 Å². The van der Waals surface area contributed by atoms with Crippen LogP contribution in [-0.2, 0) is 0 Å². The van der Waals surface area contributed by atoms with E-state index in [1.54, 1.807) is 0 Å². The molecule has 3 heteroatoms. The van der Waals surface area contributed by atoms with E-state index in [1.807, 2.05) is 0 Å². The second kappa shape index (κ2) is 9.22. The Hall–Kier alpha value is 0.270.